The van der Waals surface area contributed by atoms with Crippen molar-refractivity contribution in [1.29, 1.82) is 5.41 Å². The molecule has 0 saturated carbocycles. The summed E-state index contributed by atoms with van der Waals surface area (Å²) in [6.07, 6.45) is 2.87. The third-order valence-electron chi connectivity index (χ3n) is 5.54. The second-order valence-corrected chi connectivity index (χ2v) is 8.10. The molecule has 8 nitrogen and oxygen atoms in total. The Balaban J connectivity index is 1.65. The van der Waals surface area contributed by atoms with Gasteiger partial charge in [0.1, 0.15) is 5.54 Å². The molecule has 0 bridgehead atoms. The number of carbonyl (C=O) groups excluding carboxylic acids is 2. The van der Waals surface area contributed by atoms with Crippen molar-refractivity contribution in [1.82, 2.24) is 25.7 Å². The lowest BCUT2D eigenvalue weighted by atomic mass is 9.88. The maximum atomic E-state index is 12.8. The lowest BCUT2D eigenvalue weighted by Crippen LogP contribution is -2.40. The van der Waals surface area contributed by atoms with E-state index in [1.54, 1.807) is 26.1 Å². The lowest BCUT2D eigenvalue weighted by molar-refractivity contribution is -0.129. The van der Waals surface area contributed by atoms with Gasteiger partial charge in [0, 0.05) is 18.6 Å². The summed E-state index contributed by atoms with van der Waals surface area (Å²) in [7, 11) is 1.57. The number of nitrogens with one attached hydrogen (secondary N) is 3. The Bertz CT molecular complexity index is 1220. The Morgan fingerprint density at radius 1 is 1.22 bits per heavy atom. The number of nitrogens with zero attached hydrogens (tertiary/aromatic N) is 3. The minimum Gasteiger partial charge on any atom is -0.348 e. The Morgan fingerprint density at radius 2 is 2.03 bits per heavy atom. The number of hydrogen-bond donors (Lipinski definition) is 3. The molecule has 0 aliphatic carbocycles. The number of guanidine groups is 1. The molecule has 1 unspecified atom stereocenters. The van der Waals surface area contributed by atoms with Gasteiger partial charge < -0.3 is 10.6 Å². The number of benzene rings is 2. The highest BCUT2D eigenvalue weighted by molar-refractivity contribution is 6.30. The first-order valence-electron chi connectivity index (χ1n) is 9.89. The largest absolute Gasteiger partial charge is 0.348 e. The van der Waals surface area contributed by atoms with E-state index in [0.717, 1.165) is 22.3 Å². The average Bonchev–Trinajstić information content (AvgIpc) is 3.02. The van der Waals surface area contributed by atoms with Crippen LogP contribution in [-0.2, 0) is 16.9 Å². The van der Waals surface area contributed by atoms with Crippen LogP contribution in [0.25, 0.3) is 11.1 Å². The molecule has 162 valence electrons. The number of carbonyl (C=O) groups is 2. The van der Waals surface area contributed by atoms with Gasteiger partial charge in [0.2, 0.25) is 0 Å². The molecule has 0 spiro atoms. The van der Waals surface area contributed by atoms with E-state index in [1.165, 1.54) is 17.3 Å². The van der Waals surface area contributed by atoms with Crippen molar-refractivity contribution in [3.05, 3.63) is 82.6 Å². The molecule has 2 amide bonds. The zero-order valence-corrected chi connectivity index (χ0v) is 18.3. The number of hydrogen-bond acceptors (Lipinski definition) is 5. The summed E-state index contributed by atoms with van der Waals surface area (Å²) in [5.74, 6) is -0.409. The van der Waals surface area contributed by atoms with Crippen LogP contribution in [0.3, 0.4) is 0 Å². The molecule has 1 saturated heterocycles. The predicted molar refractivity (Wildman–Crippen MR) is 121 cm³/mol. The second kappa shape index (κ2) is 8.39. The molecule has 1 atom stereocenters. The minimum atomic E-state index is -1.04. The third-order valence-corrected chi connectivity index (χ3v) is 5.78. The zero-order chi connectivity index (χ0) is 22.9. The van der Waals surface area contributed by atoms with Gasteiger partial charge in [-0.1, -0.05) is 35.9 Å². The lowest BCUT2D eigenvalue weighted by Gasteiger charge is -2.23. The molecule has 9 heteroatoms. The van der Waals surface area contributed by atoms with Crippen molar-refractivity contribution in [2.75, 3.05) is 7.05 Å². The molecule has 32 heavy (non-hydrogen) atoms. The number of likely N-dealkylation sites (N-methyl/N-ethyl adjacent to an activating group) is 1. The molecule has 1 aromatic heterocycles. The van der Waals surface area contributed by atoms with Crippen LogP contribution >= 0.6 is 11.6 Å². The number of amides is 2. The molecular formula is C23H21ClN6O2. The molecular weight excluding hydrogens is 428 g/mol. The van der Waals surface area contributed by atoms with Gasteiger partial charge in [-0.3, -0.25) is 19.9 Å². The highest BCUT2D eigenvalue weighted by Gasteiger charge is 2.45. The first-order valence-corrected chi connectivity index (χ1v) is 10.3. The van der Waals surface area contributed by atoms with Gasteiger partial charge in [-0.15, -0.1) is 0 Å². The van der Waals surface area contributed by atoms with Crippen molar-refractivity contribution in [2.45, 2.75) is 19.0 Å². The molecule has 2 aromatic carbocycles. The highest BCUT2D eigenvalue weighted by atomic mass is 35.5. The Labute approximate surface area is 190 Å². The fourth-order valence-corrected chi connectivity index (χ4v) is 3.85. The maximum Gasteiger partial charge on any atom is 0.259 e. The van der Waals surface area contributed by atoms with E-state index in [9.17, 15) is 9.59 Å². The van der Waals surface area contributed by atoms with E-state index in [4.69, 9.17) is 17.0 Å². The predicted octanol–water partition coefficient (Wildman–Crippen LogP) is 2.94. The van der Waals surface area contributed by atoms with E-state index >= 15 is 0 Å². The van der Waals surface area contributed by atoms with Gasteiger partial charge in [-0.05, 0) is 53.4 Å². The first-order chi connectivity index (χ1) is 15.3. The van der Waals surface area contributed by atoms with Crippen LogP contribution in [0.15, 0.2) is 60.9 Å². The molecule has 4 rings (SSSR count). The van der Waals surface area contributed by atoms with E-state index in [2.05, 4.69) is 20.8 Å². The number of halogens is 1. The maximum absolute atomic E-state index is 12.8. The fourth-order valence-electron chi connectivity index (χ4n) is 3.68. The molecule has 1 aliphatic heterocycles. The number of rotatable bonds is 5. The minimum absolute atomic E-state index is 0.0552. The van der Waals surface area contributed by atoms with Crippen molar-refractivity contribution < 1.29 is 9.59 Å². The monoisotopic (exact) mass is 448 g/mol. The van der Waals surface area contributed by atoms with Crippen molar-refractivity contribution >= 4 is 29.4 Å². The summed E-state index contributed by atoms with van der Waals surface area (Å²) in [6, 6.07) is 14.6. The van der Waals surface area contributed by atoms with Crippen LogP contribution in [-0.4, -0.2) is 39.9 Å². The van der Waals surface area contributed by atoms with E-state index < -0.39 is 5.54 Å². The van der Waals surface area contributed by atoms with Crippen molar-refractivity contribution in [2.24, 2.45) is 0 Å². The molecule has 3 aromatic rings. The Hall–Kier alpha value is -3.78. The number of aromatic nitrogens is 2. The highest BCUT2D eigenvalue weighted by Crippen LogP contribution is 2.33. The van der Waals surface area contributed by atoms with Crippen LogP contribution in [0.5, 0.6) is 0 Å². The van der Waals surface area contributed by atoms with E-state index in [0.29, 0.717) is 10.6 Å². The molecule has 1 fully saturated rings. The summed E-state index contributed by atoms with van der Waals surface area (Å²) in [4.78, 5) is 26.5. The van der Waals surface area contributed by atoms with Gasteiger partial charge >= 0.3 is 0 Å². The Kier molecular flexibility index (Phi) is 5.63. The smallest absolute Gasteiger partial charge is 0.259 e. The van der Waals surface area contributed by atoms with Crippen molar-refractivity contribution in [3.63, 3.8) is 0 Å². The fraction of sp³-hybridized carbons (Fsp3) is 0.174. The van der Waals surface area contributed by atoms with Gasteiger partial charge in [-0.25, -0.2) is 0 Å². The van der Waals surface area contributed by atoms with Gasteiger partial charge in [0.05, 0.1) is 18.0 Å². The topological polar surface area (TPSA) is 111 Å². The van der Waals surface area contributed by atoms with Crippen molar-refractivity contribution in [3.8, 4) is 11.1 Å². The molecule has 2 heterocycles. The van der Waals surface area contributed by atoms with Crippen LogP contribution in [0.1, 0.15) is 28.4 Å². The van der Waals surface area contributed by atoms with Crippen LogP contribution < -0.4 is 10.6 Å². The SMILES string of the molecule is CN1C(=N)NC(C)(c2cccc(-c3cc(Cl)ccc3CNC(=O)c3ccnnc3)c2)C1=O. The average molecular weight is 449 g/mol. The van der Waals surface area contributed by atoms with E-state index in [-0.39, 0.29) is 24.3 Å². The summed E-state index contributed by atoms with van der Waals surface area (Å²) >= 11 is 6.28. The molecule has 3 N–H and O–H groups in total. The Morgan fingerprint density at radius 3 is 2.72 bits per heavy atom. The zero-order valence-electron chi connectivity index (χ0n) is 17.5. The standard InChI is InChI=1S/C23H21ClN6O2/c1-23(21(32)30(2)22(25)29-23)17-5-3-4-14(10-17)19-11-18(24)7-6-15(19)12-26-20(31)16-8-9-27-28-13-16/h3-11,13H,12H2,1-2H3,(H2,25,29)(H,26,31). The summed E-state index contributed by atoms with van der Waals surface area (Å²) < 4.78 is 0. The molecule has 0 radical (unpaired) electrons. The van der Waals surface area contributed by atoms with Gasteiger partial charge in [0.25, 0.3) is 11.8 Å². The van der Waals surface area contributed by atoms with Gasteiger partial charge in [-0.2, -0.15) is 10.2 Å². The summed E-state index contributed by atoms with van der Waals surface area (Å²) in [5.41, 5.74) is 2.66. The quantitative estimate of drug-likeness (QED) is 0.555. The van der Waals surface area contributed by atoms with Gasteiger partial charge in [0.15, 0.2) is 5.96 Å². The molecule has 1 aliphatic rings. The van der Waals surface area contributed by atoms with Crippen LogP contribution in [0.2, 0.25) is 5.02 Å². The van der Waals surface area contributed by atoms with E-state index in [1.807, 2.05) is 36.4 Å². The van der Waals surface area contributed by atoms with Crippen LogP contribution in [0.4, 0.5) is 0 Å². The summed E-state index contributed by atoms with van der Waals surface area (Å²) in [5, 5.41) is 21.8. The second-order valence-electron chi connectivity index (χ2n) is 7.66. The normalized spacial score (nSPS) is 17.9. The van der Waals surface area contributed by atoms with Crippen LogP contribution in [0, 0.1) is 5.41 Å². The first kappa shape index (κ1) is 21.5. The third kappa shape index (κ3) is 3.92. The summed E-state index contributed by atoms with van der Waals surface area (Å²) in [6.45, 7) is 2.04.